The van der Waals surface area contributed by atoms with Crippen LogP contribution in [0, 0.1) is 0 Å². The van der Waals surface area contributed by atoms with E-state index in [-0.39, 0.29) is 17.9 Å². The maximum atomic E-state index is 2.22. The standard InChI is InChI=1S/2C6H15N.ClH.H2O/c2*1-4-7(5-2)6-3;;/h2*4-6H2,1-3H3;1H;1H2. The Balaban J connectivity index is -0.0000000800. The van der Waals surface area contributed by atoms with Crippen molar-refractivity contribution in [2.45, 2.75) is 41.5 Å². The molecule has 0 saturated heterocycles. The average molecular weight is 257 g/mol. The minimum absolute atomic E-state index is 0. The Hall–Kier alpha value is 0.170. The zero-order valence-electron chi connectivity index (χ0n) is 12.1. The van der Waals surface area contributed by atoms with Gasteiger partial charge in [0.05, 0.1) is 39.3 Å². The Kier molecular flexibility index (Phi) is 32.3. The van der Waals surface area contributed by atoms with Crippen molar-refractivity contribution in [2.24, 2.45) is 0 Å². The van der Waals surface area contributed by atoms with Crippen LogP contribution in [0.3, 0.4) is 0 Å². The molecule has 0 aliphatic heterocycles. The molecule has 3 N–H and O–H groups in total. The molecule has 3 nitrogen and oxygen atoms in total. The van der Waals surface area contributed by atoms with Crippen molar-refractivity contribution in [3.8, 4) is 0 Å². The van der Waals surface area contributed by atoms with E-state index in [9.17, 15) is 0 Å². The molecular formula is C12H33ClN2O. The van der Waals surface area contributed by atoms with Gasteiger partial charge in [-0.2, -0.15) is 0 Å². The van der Waals surface area contributed by atoms with Crippen LogP contribution in [-0.4, -0.2) is 44.7 Å². The normalized spacial score (nSPS) is 9.00. The first-order chi connectivity index (χ1) is 6.69. The molecule has 0 heterocycles. The van der Waals surface area contributed by atoms with Gasteiger partial charge in [0.2, 0.25) is 0 Å². The van der Waals surface area contributed by atoms with Gasteiger partial charge in [0, 0.05) is 0 Å². The predicted molar refractivity (Wildman–Crippen MR) is 67.1 cm³/mol. The Labute approximate surface area is 109 Å². The van der Waals surface area contributed by atoms with Gasteiger partial charge in [-0.25, -0.2) is 0 Å². The van der Waals surface area contributed by atoms with Crippen LogP contribution in [0.15, 0.2) is 0 Å². The number of hydrogen-bond donors (Lipinski definition) is 2. The highest BCUT2D eigenvalue weighted by molar-refractivity contribution is 4.12. The summed E-state index contributed by atoms with van der Waals surface area (Å²) in [4.78, 5) is 3.36. The van der Waals surface area contributed by atoms with E-state index in [1.54, 1.807) is 9.80 Å². The van der Waals surface area contributed by atoms with Crippen molar-refractivity contribution in [1.82, 2.24) is 0 Å². The highest BCUT2D eigenvalue weighted by atomic mass is 35.5. The van der Waals surface area contributed by atoms with E-state index >= 15 is 0 Å². The lowest BCUT2D eigenvalue weighted by Gasteiger charge is -2.10. The van der Waals surface area contributed by atoms with E-state index in [2.05, 4.69) is 41.5 Å². The van der Waals surface area contributed by atoms with Gasteiger partial charge in [-0.1, -0.05) is 0 Å². The van der Waals surface area contributed by atoms with E-state index < -0.39 is 0 Å². The van der Waals surface area contributed by atoms with Crippen LogP contribution in [0.25, 0.3) is 0 Å². The van der Waals surface area contributed by atoms with Crippen molar-refractivity contribution in [1.29, 1.82) is 0 Å². The number of hydrogen-bond acceptors (Lipinski definition) is 1. The van der Waals surface area contributed by atoms with E-state index in [4.69, 9.17) is 0 Å². The Bertz CT molecular complexity index is 74.0. The summed E-state index contributed by atoms with van der Waals surface area (Å²) in [5.41, 5.74) is 0. The van der Waals surface area contributed by atoms with E-state index in [0.717, 1.165) is 0 Å². The molecule has 0 spiro atoms. The zero-order valence-corrected chi connectivity index (χ0v) is 12.8. The quantitative estimate of drug-likeness (QED) is 0.513. The summed E-state index contributed by atoms with van der Waals surface area (Å²) in [5.74, 6) is 0. The lowest BCUT2D eigenvalue weighted by Crippen LogP contribution is -3.11. The summed E-state index contributed by atoms with van der Waals surface area (Å²) in [5, 5.41) is 0. The summed E-state index contributed by atoms with van der Waals surface area (Å²) in [6.45, 7) is 21.0. The maximum absolute atomic E-state index is 2.22. The predicted octanol–water partition coefficient (Wildman–Crippen LogP) is -3.31. The van der Waals surface area contributed by atoms with Crippen LogP contribution in [0.2, 0.25) is 0 Å². The fourth-order valence-electron chi connectivity index (χ4n) is 1.50. The second kappa shape index (κ2) is 20.6. The molecule has 0 rings (SSSR count). The summed E-state index contributed by atoms with van der Waals surface area (Å²) in [6, 6.07) is 0. The monoisotopic (exact) mass is 256 g/mol. The largest absolute Gasteiger partial charge is 1.00 e. The van der Waals surface area contributed by atoms with Crippen LogP contribution in [0.5, 0.6) is 0 Å². The molecule has 0 amide bonds. The van der Waals surface area contributed by atoms with Crippen molar-refractivity contribution in [2.75, 3.05) is 39.3 Å². The van der Waals surface area contributed by atoms with Gasteiger partial charge < -0.3 is 27.7 Å². The van der Waals surface area contributed by atoms with Crippen molar-refractivity contribution >= 4 is 0 Å². The minimum Gasteiger partial charge on any atom is -1.00 e. The summed E-state index contributed by atoms with van der Waals surface area (Å²) in [6.07, 6.45) is 0. The molecule has 0 aromatic carbocycles. The van der Waals surface area contributed by atoms with Crippen LogP contribution in [0.1, 0.15) is 41.5 Å². The fraction of sp³-hybridized carbons (Fsp3) is 1.00. The first-order valence-corrected chi connectivity index (χ1v) is 6.36. The molecule has 0 aromatic heterocycles. The molecule has 0 saturated carbocycles. The highest BCUT2D eigenvalue weighted by Crippen LogP contribution is 1.46. The van der Waals surface area contributed by atoms with Gasteiger partial charge in [-0.15, -0.1) is 0 Å². The topological polar surface area (TPSA) is 38.9 Å². The molecule has 0 bridgehead atoms. The zero-order chi connectivity index (χ0) is 11.4. The van der Waals surface area contributed by atoms with Crippen molar-refractivity contribution in [3.63, 3.8) is 0 Å². The average Bonchev–Trinajstić information content (AvgIpc) is 2.24. The van der Waals surface area contributed by atoms with Crippen LogP contribution < -0.4 is 22.2 Å². The van der Waals surface area contributed by atoms with Gasteiger partial charge in [-0.3, -0.25) is 0 Å². The molecular weight excluding hydrogens is 224 g/mol. The second-order valence-electron chi connectivity index (χ2n) is 3.62. The van der Waals surface area contributed by atoms with Crippen LogP contribution in [-0.2, 0) is 0 Å². The molecule has 4 heteroatoms. The van der Waals surface area contributed by atoms with Gasteiger partial charge >= 0.3 is 0 Å². The Morgan fingerprint density at radius 3 is 0.625 bits per heavy atom. The Morgan fingerprint density at radius 2 is 0.625 bits per heavy atom. The Morgan fingerprint density at radius 1 is 0.500 bits per heavy atom. The molecule has 0 unspecified atom stereocenters. The first kappa shape index (κ1) is 25.1. The van der Waals surface area contributed by atoms with Gasteiger partial charge in [0.25, 0.3) is 0 Å². The summed E-state index contributed by atoms with van der Waals surface area (Å²) >= 11 is 0. The molecule has 0 atom stereocenters. The fourth-order valence-corrected chi connectivity index (χ4v) is 1.50. The molecule has 104 valence electrons. The minimum atomic E-state index is 0. The molecule has 0 fully saturated rings. The summed E-state index contributed by atoms with van der Waals surface area (Å²) in [7, 11) is 0. The highest BCUT2D eigenvalue weighted by Gasteiger charge is 1.93. The number of halogens is 1. The third kappa shape index (κ3) is 16.6. The van der Waals surface area contributed by atoms with E-state index in [0.29, 0.717) is 0 Å². The third-order valence-electron chi connectivity index (χ3n) is 3.00. The van der Waals surface area contributed by atoms with E-state index in [1.807, 2.05) is 0 Å². The SMILES string of the molecule is CC[NH+](CC)CC.CC[NH+](CC)CC.[Cl-].[OH-]. The van der Waals surface area contributed by atoms with Crippen molar-refractivity contribution in [3.05, 3.63) is 0 Å². The van der Waals surface area contributed by atoms with Gasteiger partial charge in [-0.05, 0) is 41.5 Å². The lowest BCUT2D eigenvalue weighted by molar-refractivity contribution is -0.894. The van der Waals surface area contributed by atoms with Crippen molar-refractivity contribution < 1.29 is 27.7 Å². The van der Waals surface area contributed by atoms with Crippen LogP contribution in [0.4, 0.5) is 0 Å². The van der Waals surface area contributed by atoms with Crippen LogP contribution >= 0.6 is 0 Å². The smallest absolute Gasteiger partial charge is 0.0742 e. The lowest BCUT2D eigenvalue weighted by atomic mass is 10.5. The third-order valence-corrected chi connectivity index (χ3v) is 3.00. The van der Waals surface area contributed by atoms with E-state index in [1.165, 1.54) is 39.3 Å². The molecule has 16 heavy (non-hydrogen) atoms. The number of rotatable bonds is 6. The maximum Gasteiger partial charge on any atom is 0.0742 e. The molecule has 0 aromatic rings. The summed E-state index contributed by atoms with van der Waals surface area (Å²) < 4.78 is 0. The van der Waals surface area contributed by atoms with Gasteiger partial charge in [0.15, 0.2) is 0 Å². The van der Waals surface area contributed by atoms with Gasteiger partial charge in [0.1, 0.15) is 0 Å². The molecule has 0 aliphatic carbocycles. The number of quaternary nitrogens is 2. The molecule has 0 radical (unpaired) electrons. The second-order valence-corrected chi connectivity index (χ2v) is 3.62. The molecule has 0 aliphatic rings. The number of nitrogens with one attached hydrogen (secondary N) is 2. The first-order valence-electron chi connectivity index (χ1n) is 6.36.